The molecule has 1 aromatic carbocycles. The zero-order valence-electron chi connectivity index (χ0n) is 10.3. The van der Waals surface area contributed by atoms with Crippen LogP contribution in [0.4, 0.5) is 8.78 Å². The summed E-state index contributed by atoms with van der Waals surface area (Å²) >= 11 is 0. The SMILES string of the molecule is Fc1cc(F)cc(Cn2cc(CNC3CC3)nn2)c1. The number of halogens is 2. The molecule has 0 bridgehead atoms. The lowest BCUT2D eigenvalue weighted by molar-refractivity contribution is 0.572. The van der Waals surface area contributed by atoms with Crippen LogP contribution in [0.25, 0.3) is 0 Å². The van der Waals surface area contributed by atoms with Gasteiger partial charge in [-0.2, -0.15) is 0 Å². The molecule has 6 heteroatoms. The zero-order chi connectivity index (χ0) is 13.2. The van der Waals surface area contributed by atoms with Crippen LogP contribution in [0.2, 0.25) is 0 Å². The summed E-state index contributed by atoms with van der Waals surface area (Å²) in [5.41, 5.74) is 1.37. The van der Waals surface area contributed by atoms with Gasteiger partial charge in [-0.15, -0.1) is 5.10 Å². The van der Waals surface area contributed by atoms with E-state index in [1.807, 2.05) is 0 Å². The highest BCUT2D eigenvalue weighted by Gasteiger charge is 2.20. The molecular weight excluding hydrogens is 250 g/mol. The molecule has 0 atom stereocenters. The molecule has 1 saturated carbocycles. The number of nitrogens with zero attached hydrogens (tertiary/aromatic N) is 3. The molecular formula is C13H14F2N4. The van der Waals surface area contributed by atoms with E-state index in [1.165, 1.54) is 25.0 Å². The summed E-state index contributed by atoms with van der Waals surface area (Å²) in [6.45, 7) is 0.993. The van der Waals surface area contributed by atoms with Crippen LogP contribution in [0.3, 0.4) is 0 Å². The highest BCUT2D eigenvalue weighted by atomic mass is 19.1. The Morgan fingerprint density at radius 2 is 1.95 bits per heavy atom. The number of nitrogens with one attached hydrogen (secondary N) is 1. The van der Waals surface area contributed by atoms with Gasteiger partial charge >= 0.3 is 0 Å². The van der Waals surface area contributed by atoms with Gasteiger partial charge in [-0.05, 0) is 30.5 Å². The van der Waals surface area contributed by atoms with Crippen LogP contribution in [-0.4, -0.2) is 21.0 Å². The van der Waals surface area contributed by atoms with E-state index in [0.717, 1.165) is 11.8 Å². The Balaban J connectivity index is 1.65. The first kappa shape index (κ1) is 12.2. The minimum Gasteiger partial charge on any atom is -0.308 e. The van der Waals surface area contributed by atoms with Gasteiger partial charge in [-0.25, -0.2) is 13.5 Å². The summed E-state index contributed by atoms with van der Waals surface area (Å²) in [7, 11) is 0. The Morgan fingerprint density at radius 1 is 1.21 bits per heavy atom. The molecule has 0 saturated heterocycles. The fourth-order valence-electron chi connectivity index (χ4n) is 1.92. The van der Waals surface area contributed by atoms with Gasteiger partial charge in [0.25, 0.3) is 0 Å². The van der Waals surface area contributed by atoms with Gasteiger partial charge in [0, 0.05) is 18.7 Å². The van der Waals surface area contributed by atoms with Crippen LogP contribution >= 0.6 is 0 Å². The van der Waals surface area contributed by atoms with Crippen LogP contribution < -0.4 is 5.32 Å². The van der Waals surface area contributed by atoms with Crippen molar-refractivity contribution in [1.82, 2.24) is 20.3 Å². The minimum absolute atomic E-state index is 0.311. The van der Waals surface area contributed by atoms with E-state index in [9.17, 15) is 8.78 Å². The average Bonchev–Trinajstić information content (AvgIpc) is 3.06. The molecule has 0 aliphatic heterocycles. The van der Waals surface area contributed by atoms with Gasteiger partial charge in [-0.3, -0.25) is 0 Å². The van der Waals surface area contributed by atoms with Crippen molar-refractivity contribution >= 4 is 0 Å². The molecule has 0 unspecified atom stereocenters. The Morgan fingerprint density at radius 3 is 2.63 bits per heavy atom. The van der Waals surface area contributed by atoms with Crippen molar-refractivity contribution in [2.45, 2.75) is 32.0 Å². The van der Waals surface area contributed by atoms with Crippen molar-refractivity contribution in [2.24, 2.45) is 0 Å². The van der Waals surface area contributed by atoms with E-state index in [-0.39, 0.29) is 0 Å². The minimum atomic E-state index is -0.578. The predicted octanol–water partition coefficient (Wildman–Crippen LogP) is 1.86. The van der Waals surface area contributed by atoms with Crippen molar-refractivity contribution in [3.63, 3.8) is 0 Å². The first-order chi connectivity index (χ1) is 9.19. The van der Waals surface area contributed by atoms with Crippen LogP contribution in [0, 0.1) is 11.6 Å². The average molecular weight is 264 g/mol. The molecule has 0 spiro atoms. The Labute approximate surface area is 109 Å². The third-order valence-electron chi connectivity index (χ3n) is 3.00. The number of hydrogen-bond acceptors (Lipinski definition) is 3. The maximum Gasteiger partial charge on any atom is 0.126 e. The maximum absolute atomic E-state index is 13.1. The summed E-state index contributed by atoms with van der Waals surface area (Å²) in [6, 6.07) is 4.07. The molecule has 1 N–H and O–H groups in total. The smallest absolute Gasteiger partial charge is 0.126 e. The Bertz CT molecular complexity index is 558. The highest BCUT2D eigenvalue weighted by Crippen LogP contribution is 2.19. The molecule has 3 rings (SSSR count). The second-order valence-electron chi connectivity index (χ2n) is 4.84. The molecule has 1 heterocycles. The zero-order valence-corrected chi connectivity index (χ0v) is 10.3. The monoisotopic (exact) mass is 264 g/mol. The number of rotatable bonds is 5. The van der Waals surface area contributed by atoms with Crippen molar-refractivity contribution < 1.29 is 8.78 Å². The van der Waals surface area contributed by atoms with E-state index in [4.69, 9.17) is 0 Å². The highest BCUT2D eigenvalue weighted by molar-refractivity contribution is 5.18. The lowest BCUT2D eigenvalue weighted by Crippen LogP contribution is -2.15. The predicted molar refractivity (Wildman–Crippen MR) is 65.3 cm³/mol. The van der Waals surface area contributed by atoms with Gasteiger partial charge < -0.3 is 5.32 Å². The third kappa shape index (κ3) is 3.35. The summed E-state index contributed by atoms with van der Waals surface area (Å²) in [4.78, 5) is 0. The molecule has 1 aromatic heterocycles. The number of hydrogen-bond donors (Lipinski definition) is 1. The van der Waals surface area contributed by atoms with Gasteiger partial charge in [-0.1, -0.05) is 5.21 Å². The molecule has 2 aromatic rings. The lowest BCUT2D eigenvalue weighted by Gasteiger charge is -2.01. The first-order valence-electron chi connectivity index (χ1n) is 6.26. The standard InChI is InChI=1S/C13H14F2N4/c14-10-3-9(4-11(15)5-10)7-19-8-13(17-18-19)6-16-12-1-2-12/h3-5,8,12,16H,1-2,6-7H2. The van der Waals surface area contributed by atoms with Crippen LogP contribution in [0.5, 0.6) is 0 Å². The normalized spacial score (nSPS) is 14.8. The summed E-state index contributed by atoms with van der Waals surface area (Å²) in [5, 5.41) is 11.3. The second-order valence-corrected chi connectivity index (χ2v) is 4.84. The molecule has 4 nitrogen and oxygen atoms in total. The summed E-state index contributed by atoms with van der Waals surface area (Å²) < 4.78 is 27.7. The first-order valence-corrected chi connectivity index (χ1v) is 6.26. The molecule has 0 amide bonds. The van der Waals surface area contributed by atoms with Gasteiger partial charge in [0.2, 0.25) is 0 Å². The molecule has 0 radical (unpaired) electrons. The quantitative estimate of drug-likeness (QED) is 0.896. The third-order valence-corrected chi connectivity index (χ3v) is 3.00. The van der Waals surface area contributed by atoms with Gasteiger partial charge in [0.1, 0.15) is 11.6 Å². The molecule has 100 valence electrons. The Kier molecular flexibility index (Phi) is 3.25. The van der Waals surface area contributed by atoms with Crippen LogP contribution in [0.1, 0.15) is 24.1 Å². The molecule has 1 aliphatic rings. The fraction of sp³-hybridized carbons (Fsp3) is 0.385. The van der Waals surface area contributed by atoms with Crippen LogP contribution in [-0.2, 0) is 13.1 Å². The van der Waals surface area contributed by atoms with Crippen molar-refractivity contribution in [2.75, 3.05) is 0 Å². The van der Waals surface area contributed by atoms with E-state index < -0.39 is 11.6 Å². The molecule has 1 aliphatic carbocycles. The van der Waals surface area contributed by atoms with Gasteiger partial charge in [0.05, 0.1) is 18.4 Å². The van der Waals surface area contributed by atoms with Crippen LogP contribution in [0.15, 0.2) is 24.4 Å². The number of aromatic nitrogens is 3. The van der Waals surface area contributed by atoms with Crippen molar-refractivity contribution in [3.05, 3.63) is 47.3 Å². The lowest BCUT2D eigenvalue weighted by atomic mass is 10.2. The van der Waals surface area contributed by atoms with Gasteiger partial charge in [0.15, 0.2) is 0 Å². The molecule has 19 heavy (non-hydrogen) atoms. The van der Waals surface area contributed by atoms with Crippen molar-refractivity contribution in [1.29, 1.82) is 0 Å². The topological polar surface area (TPSA) is 42.7 Å². The second kappa shape index (κ2) is 5.05. The summed E-state index contributed by atoms with van der Waals surface area (Å²) in [5.74, 6) is -1.16. The summed E-state index contributed by atoms with van der Waals surface area (Å²) in [6.07, 6.45) is 4.23. The van der Waals surface area contributed by atoms with E-state index in [2.05, 4.69) is 15.6 Å². The van der Waals surface area contributed by atoms with E-state index in [0.29, 0.717) is 24.7 Å². The van der Waals surface area contributed by atoms with Crippen molar-refractivity contribution in [3.8, 4) is 0 Å². The Hall–Kier alpha value is -1.82. The largest absolute Gasteiger partial charge is 0.308 e. The van der Waals surface area contributed by atoms with E-state index >= 15 is 0 Å². The van der Waals surface area contributed by atoms with E-state index in [1.54, 1.807) is 10.9 Å². The fourth-order valence-corrected chi connectivity index (χ4v) is 1.92. The number of benzene rings is 1. The maximum atomic E-state index is 13.1. The molecule has 1 fully saturated rings.